The van der Waals surface area contributed by atoms with Crippen LogP contribution in [-0.4, -0.2) is 66.5 Å². The highest BCUT2D eigenvalue weighted by molar-refractivity contribution is 5.80. The van der Waals surface area contributed by atoms with Crippen molar-refractivity contribution < 1.29 is 14.3 Å². The summed E-state index contributed by atoms with van der Waals surface area (Å²) in [4.78, 5) is 30.4. The number of rotatable bonds is 1. The maximum Gasteiger partial charge on any atom is 0.319 e. The Balaban J connectivity index is 1.65. The van der Waals surface area contributed by atoms with Crippen LogP contribution < -0.4 is 4.74 Å². The van der Waals surface area contributed by atoms with E-state index in [4.69, 9.17) is 4.74 Å². The molecule has 6 heteroatoms. The van der Waals surface area contributed by atoms with Gasteiger partial charge in [0, 0.05) is 45.2 Å². The van der Waals surface area contributed by atoms with E-state index in [9.17, 15) is 9.59 Å². The number of hydrogen-bond acceptors (Lipinski definition) is 3. The van der Waals surface area contributed by atoms with Crippen molar-refractivity contribution in [3.05, 3.63) is 29.8 Å². The van der Waals surface area contributed by atoms with Gasteiger partial charge in [0.15, 0.2) is 0 Å². The Hall–Kier alpha value is -2.24. The molecule has 6 nitrogen and oxygen atoms in total. The monoisotopic (exact) mass is 345 g/mol. The summed E-state index contributed by atoms with van der Waals surface area (Å²) in [5.74, 6) is 1.05. The van der Waals surface area contributed by atoms with Crippen LogP contribution in [0.25, 0.3) is 0 Å². The molecule has 0 N–H and O–H groups in total. The van der Waals surface area contributed by atoms with E-state index in [1.165, 1.54) is 0 Å². The number of likely N-dealkylation sites (tertiary alicyclic amines) is 1. The van der Waals surface area contributed by atoms with Crippen molar-refractivity contribution in [1.29, 1.82) is 0 Å². The summed E-state index contributed by atoms with van der Waals surface area (Å²) in [5, 5.41) is 0. The second-order valence-electron chi connectivity index (χ2n) is 7.19. The molecule has 1 saturated heterocycles. The minimum atomic E-state index is -0.0250. The maximum atomic E-state index is 13.0. The standard InChI is InChI=1S/C19H27N3O3/c1-14-12-22(13-16-6-4-5-7-17(16)25-14)18(23)15-8-10-21(11-9-15)19(24)20(2)3/h4-7,14-15H,8-13H2,1-3H3. The molecule has 2 aliphatic rings. The summed E-state index contributed by atoms with van der Waals surface area (Å²) in [7, 11) is 3.52. The number of nitrogens with zero attached hydrogens (tertiary/aromatic N) is 3. The highest BCUT2D eigenvalue weighted by atomic mass is 16.5. The lowest BCUT2D eigenvalue weighted by molar-refractivity contribution is -0.138. The molecule has 3 amide bonds. The molecule has 0 aliphatic carbocycles. The number of fused-ring (bicyclic) bond motifs is 1. The molecular weight excluding hydrogens is 318 g/mol. The van der Waals surface area contributed by atoms with E-state index in [1.54, 1.807) is 19.0 Å². The van der Waals surface area contributed by atoms with Gasteiger partial charge in [-0.1, -0.05) is 18.2 Å². The fourth-order valence-corrected chi connectivity index (χ4v) is 3.61. The number of carbonyl (C=O) groups excluding carboxylic acids is 2. The number of amides is 3. The summed E-state index contributed by atoms with van der Waals surface area (Å²) in [5.41, 5.74) is 1.06. The lowest BCUT2D eigenvalue weighted by Crippen LogP contribution is -2.47. The third kappa shape index (κ3) is 3.89. The van der Waals surface area contributed by atoms with Gasteiger partial charge in [-0.2, -0.15) is 0 Å². The van der Waals surface area contributed by atoms with Crippen LogP contribution in [0.3, 0.4) is 0 Å². The Morgan fingerprint density at radius 2 is 1.80 bits per heavy atom. The Morgan fingerprint density at radius 3 is 2.48 bits per heavy atom. The van der Waals surface area contributed by atoms with Gasteiger partial charge in [-0.3, -0.25) is 4.79 Å². The van der Waals surface area contributed by atoms with Crippen LogP contribution in [0, 0.1) is 5.92 Å². The van der Waals surface area contributed by atoms with Crippen molar-refractivity contribution in [2.45, 2.75) is 32.4 Å². The van der Waals surface area contributed by atoms with Crippen LogP contribution >= 0.6 is 0 Å². The van der Waals surface area contributed by atoms with Crippen LogP contribution in [0.1, 0.15) is 25.3 Å². The van der Waals surface area contributed by atoms with E-state index in [-0.39, 0.29) is 24.0 Å². The van der Waals surface area contributed by atoms with Crippen LogP contribution in [0.2, 0.25) is 0 Å². The Bertz CT molecular complexity index is 639. The average molecular weight is 345 g/mol. The van der Waals surface area contributed by atoms with E-state index >= 15 is 0 Å². The van der Waals surface area contributed by atoms with E-state index in [0.29, 0.717) is 26.2 Å². The Morgan fingerprint density at radius 1 is 1.12 bits per heavy atom. The first-order valence-corrected chi connectivity index (χ1v) is 8.95. The van der Waals surface area contributed by atoms with Gasteiger partial charge in [0.2, 0.25) is 5.91 Å². The van der Waals surface area contributed by atoms with Crippen LogP contribution in [0.15, 0.2) is 24.3 Å². The number of benzene rings is 1. The number of ether oxygens (including phenoxy) is 1. The first kappa shape index (κ1) is 17.6. The summed E-state index contributed by atoms with van der Waals surface area (Å²) in [6.45, 7) is 4.48. The van der Waals surface area contributed by atoms with Crippen molar-refractivity contribution in [2.24, 2.45) is 5.92 Å². The van der Waals surface area contributed by atoms with Gasteiger partial charge in [0.1, 0.15) is 11.9 Å². The van der Waals surface area contributed by atoms with Gasteiger partial charge in [-0.25, -0.2) is 4.79 Å². The lowest BCUT2D eigenvalue weighted by Gasteiger charge is -2.35. The summed E-state index contributed by atoms with van der Waals surface area (Å²) >= 11 is 0. The number of para-hydroxylation sites is 1. The van der Waals surface area contributed by atoms with Crippen molar-refractivity contribution in [3.8, 4) is 5.75 Å². The average Bonchev–Trinajstić information content (AvgIpc) is 2.78. The molecule has 1 aromatic rings. The predicted molar refractivity (Wildman–Crippen MR) is 95.3 cm³/mol. The van der Waals surface area contributed by atoms with Crippen molar-refractivity contribution in [1.82, 2.24) is 14.7 Å². The normalized spacial score (nSPS) is 21.2. The second-order valence-corrected chi connectivity index (χ2v) is 7.19. The number of urea groups is 1. The molecule has 0 spiro atoms. The van der Waals surface area contributed by atoms with E-state index in [1.807, 2.05) is 41.0 Å². The molecule has 0 aromatic heterocycles. The smallest absolute Gasteiger partial charge is 0.319 e. The zero-order valence-electron chi connectivity index (χ0n) is 15.3. The van der Waals surface area contributed by atoms with E-state index in [0.717, 1.165) is 24.2 Å². The minimum Gasteiger partial charge on any atom is -0.489 e. The molecule has 136 valence electrons. The van der Waals surface area contributed by atoms with Gasteiger partial charge in [0.25, 0.3) is 0 Å². The largest absolute Gasteiger partial charge is 0.489 e. The molecular formula is C19H27N3O3. The zero-order chi connectivity index (χ0) is 18.0. The fraction of sp³-hybridized carbons (Fsp3) is 0.579. The molecule has 0 saturated carbocycles. The van der Waals surface area contributed by atoms with E-state index < -0.39 is 0 Å². The summed E-state index contributed by atoms with van der Waals surface area (Å²) in [6.07, 6.45) is 1.43. The number of piperidine rings is 1. The molecule has 25 heavy (non-hydrogen) atoms. The highest BCUT2D eigenvalue weighted by Gasteiger charge is 2.32. The summed E-state index contributed by atoms with van der Waals surface area (Å²) < 4.78 is 5.95. The fourth-order valence-electron chi connectivity index (χ4n) is 3.61. The molecule has 1 aromatic carbocycles. The third-order valence-electron chi connectivity index (χ3n) is 4.95. The van der Waals surface area contributed by atoms with Crippen molar-refractivity contribution in [2.75, 3.05) is 33.7 Å². The topological polar surface area (TPSA) is 53.1 Å². The molecule has 2 aliphatic heterocycles. The van der Waals surface area contributed by atoms with Crippen LogP contribution in [0.4, 0.5) is 4.79 Å². The molecule has 2 heterocycles. The minimum absolute atomic E-state index is 0.0105. The first-order chi connectivity index (χ1) is 12.0. The van der Waals surface area contributed by atoms with E-state index in [2.05, 4.69) is 0 Å². The maximum absolute atomic E-state index is 13.0. The van der Waals surface area contributed by atoms with Gasteiger partial charge in [-0.05, 0) is 25.8 Å². The zero-order valence-corrected chi connectivity index (χ0v) is 15.3. The Labute approximate surface area is 149 Å². The molecule has 3 rings (SSSR count). The first-order valence-electron chi connectivity index (χ1n) is 8.95. The van der Waals surface area contributed by atoms with Crippen LogP contribution in [-0.2, 0) is 11.3 Å². The molecule has 0 bridgehead atoms. The molecule has 0 radical (unpaired) electrons. The molecule has 1 unspecified atom stereocenters. The van der Waals surface area contributed by atoms with Gasteiger partial charge in [-0.15, -0.1) is 0 Å². The SMILES string of the molecule is CC1CN(C(=O)C2CCN(C(=O)N(C)C)CC2)Cc2ccccc2O1. The van der Waals surface area contributed by atoms with Crippen molar-refractivity contribution in [3.63, 3.8) is 0 Å². The van der Waals surface area contributed by atoms with Gasteiger partial charge < -0.3 is 19.4 Å². The predicted octanol–water partition coefficient (Wildman–Crippen LogP) is 2.19. The highest BCUT2D eigenvalue weighted by Crippen LogP contribution is 2.27. The van der Waals surface area contributed by atoms with Crippen LogP contribution in [0.5, 0.6) is 5.75 Å². The quantitative estimate of drug-likeness (QED) is 0.784. The third-order valence-corrected chi connectivity index (χ3v) is 4.95. The summed E-state index contributed by atoms with van der Waals surface area (Å²) in [6, 6.07) is 7.95. The number of carbonyl (C=O) groups is 2. The molecule has 1 atom stereocenters. The Kier molecular flexibility index (Phi) is 5.16. The molecule has 1 fully saturated rings. The van der Waals surface area contributed by atoms with Gasteiger partial charge >= 0.3 is 6.03 Å². The van der Waals surface area contributed by atoms with Crippen molar-refractivity contribution >= 4 is 11.9 Å². The number of hydrogen-bond donors (Lipinski definition) is 0. The van der Waals surface area contributed by atoms with Gasteiger partial charge in [0.05, 0.1) is 6.54 Å². The second kappa shape index (κ2) is 7.33. The lowest BCUT2D eigenvalue weighted by atomic mass is 9.95.